The molecule has 0 unspecified atom stereocenters. The predicted octanol–water partition coefficient (Wildman–Crippen LogP) is 5.46. The number of nitrogen functional groups attached to an aromatic ring is 1. The summed E-state index contributed by atoms with van der Waals surface area (Å²) >= 11 is 6.13. The molecule has 0 aliphatic rings. The van der Waals surface area contributed by atoms with Gasteiger partial charge < -0.3 is 10.3 Å². The standard InChI is InChI=1S/C28H17ClN8/c29-18-10-12-19(13-11-18)37-26(32)24(25-28(37)35-22(15-31)21(14-30)33-25)27-34-20-8-4-5-9-23(20)36(27)16-17-6-2-1-3-7-17/h1-13H,16,32H2. The summed E-state index contributed by atoms with van der Waals surface area (Å²) in [6, 6.07) is 28.9. The highest BCUT2D eigenvalue weighted by Gasteiger charge is 2.26. The van der Waals surface area contributed by atoms with E-state index in [1.807, 2.05) is 66.7 Å². The molecule has 3 heterocycles. The molecule has 0 aliphatic carbocycles. The number of benzene rings is 3. The van der Waals surface area contributed by atoms with Crippen LogP contribution in [0.25, 0.3) is 39.3 Å². The average Bonchev–Trinajstić information content (AvgIpc) is 3.42. The summed E-state index contributed by atoms with van der Waals surface area (Å²) < 4.78 is 3.79. The third kappa shape index (κ3) is 3.64. The SMILES string of the molecule is N#Cc1nc2c(-c3nc4ccccc4n3Cc3ccccc3)c(N)n(-c3ccc(Cl)cc3)c2nc1C#N. The van der Waals surface area contributed by atoms with Crippen molar-refractivity contribution in [3.63, 3.8) is 0 Å². The summed E-state index contributed by atoms with van der Waals surface area (Å²) in [5.41, 5.74) is 11.4. The van der Waals surface area contributed by atoms with Crippen molar-refractivity contribution in [1.82, 2.24) is 24.1 Å². The van der Waals surface area contributed by atoms with Gasteiger partial charge in [0, 0.05) is 17.3 Å². The van der Waals surface area contributed by atoms with Crippen molar-refractivity contribution >= 4 is 39.6 Å². The predicted molar refractivity (Wildman–Crippen MR) is 142 cm³/mol. The molecule has 37 heavy (non-hydrogen) atoms. The molecule has 6 aromatic rings. The van der Waals surface area contributed by atoms with Crippen molar-refractivity contribution in [2.45, 2.75) is 6.54 Å². The number of nitriles is 2. The third-order valence-corrected chi connectivity index (χ3v) is 6.43. The number of halogens is 1. The van der Waals surface area contributed by atoms with Crippen LogP contribution in [0.2, 0.25) is 5.02 Å². The fourth-order valence-corrected chi connectivity index (χ4v) is 4.64. The Hall–Kier alpha value is -5.18. The average molecular weight is 501 g/mol. The largest absolute Gasteiger partial charge is 0.384 e. The van der Waals surface area contributed by atoms with Gasteiger partial charge in [0.2, 0.25) is 0 Å². The van der Waals surface area contributed by atoms with Crippen LogP contribution in [0.15, 0.2) is 78.9 Å². The van der Waals surface area contributed by atoms with Gasteiger partial charge in [-0.25, -0.2) is 15.0 Å². The zero-order valence-electron chi connectivity index (χ0n) is 19.3. The Bertz CT molecular complexity index is 1890. The molecule has 3 aromatic heterocycles. The number of para-hydroxylation sites is 2. The van der Waals surface area contributed by atoms with Crippen LogP contribution in [0.1, 0.15) is 17.0 Å². The minimum absolute atomic E-state index is 0.0739. The summed E-state index contributed by atoms with van der Waals surface area (Å²) in [6.45, 7) is 0.540. The quantitative estimate of drug-likeness (QED) is 0.342. The molecular weight excluding hydrogens is 484 g/mol. The van der Waals surface area contributed by atoms with E-state index in [0.29, 0.717) is 45.6 Å². The molecule has 9 heteroatoms. The van der Waals surface area contributed by atoms with Gasteiger partial charge in [-0.2, -0.15) is 10.5 Å². The van der Waals surface area contributed by atoms with Crippen LogP contribution in [0.5, 0.6) is 0 Å². The first-order valence-electron chi connectivity index (χ1n) is 11.4. The summed E-state index contributed by atoms with van der Waals surface area (Å²) in [5.74, 6) is 0.920. The molecule has 6 rings (SSSR count). The maximum absolute atomic E-state index is 9.68. The van der Waals surface area contributed by atoms with Crippen molar-refractivity contribution in [3.05, 3.63) is 101 Å². The number of aromatic nitrogens is 5. The third-order valence-electron chi connectivity index (χ3n) is 6.18. The van der Waals surface area contributed by atoms with Crippen LogP contribution in [0.3, 0.4) is 0 Å². The van der Waals surface area contributed by atoms with Gasteiger partial charge in [0.15, 0.2) is 17.0 Å². The van der Waals surface area contributed by atoms with Crippen LogP contribution in [0, 0.1) is 22.7 Å². The summed E-state index contributed by atoms with van der Waals surface area (Å²) in [7, 11) is 0. The zero-order chi connectivity index (χ0) is 25.5. The highest BCUT2D eigenvalue weighted by Crippen LogP contribution is 2.39. The van der Waals surface area contributed by atoms with Gasteiger partial charge >= 0.3 is 0 Å². The normalized spacial score (nSPS) is 11.0. The van der Waals surface area contributed by atoms with Crippen LogP contribution >= 0.6 is 11.6 Å². The second kappa shape index (κ2) is 8.80. The van der Waals surface area contributed by atoms with E-state index in [1.54, 1.807) is 28.8 Å². The number of nitrogens with two attached hydrogens (primary N) is 1. The number of anilines is 1. The van der Waals surface area contributed by atoms with Gasteiger partial charge in [-0.15, -0.1) is 0 Å². The fraction of sp³-hybridized carbons (Fsp3) is 0.0357. The van der Waals surface area contributed by atoms with Crippen molar-refractivity contribution in [1.29, 1.82) is 10.5 Å². The summed E-state index contributed by atoms with van der Waals surface area (Å²) in [4.78, 5) is 14.0. The molecule has 0 bridgehead atoms. The Morgan fingerprint density at radius 3 is 2.22 bits per heavy atom. The van der Waals surface area contributed by atoms with Gasteiger partial charge in [-0.3, -0.25) is 4.57 Å². The number of imidazole rings is 1. The number of fused-ring (bicyclic) bond motifs is 2. The molecule has 3 aromatic carbocycles. The smallest absolute Gasteiger partial charge is 0.179 e. The zero-order valence-corrected chi connectivity index (χ0v) is 20.1. The highest BCUT2D eigenvalue weighted by molar-refractivity contribution is 6.30. The molecule has 0 atom stereocenters. The molecule has 8 nitrogen and oxygen atoms in total. The van der Waals surface area contributed by atoms with Crippen molar-refractivity contribution in [2.24, 2.45) is 0 Å². The van der Waals surface area contributed by atoms with E-state index >= 15 is 0 Å². The van der Waals surface area contributed by atoms with Crippen molar-refractivity contribution in [3.8, 4) is 29.2 Å². The monoisotopic (exact) mass is 500 g/mol. The molecule has 176 valence electrons. The molecule has 0 radical (unpaired) electrons. The van der Waals surface area contributed by atoms with E-state index in [-0.39, 0.29) is 11.4 Å². The Balaban J connectivity index is 1.71. The van der Waals surface area contributed by atoms with Crippen LogP contribution in [0.4, 0.5) is 5.82 Å². The van der Waals surface area contributed by atoms with E-state index in [4.69, 9.17) is 22.3 Å². The minimum atomic E-state index is -0.0768. The van der Waals surface area contributed by atoms with E-state index in [9.17, 15) is 10.5 Å². The Morgan fingerprint density at radius 1 is 0.811 bits per heavy atom. The van der Waals surface area contributed by atoms with Crippen molar-refractivity contribution in [2.75, 3.05) is 5.73 Å². The fourth-order valence-electron chi connectivity index (χ4n) is 4.52. The molecule has 0 aliphatic heterocycles. The van der Waals surface area contributed by atoms with Gasteiger partial charge in [-0.1, -0.05) is 54.1 Å². The maximum atomic E-state index is 9.68. The Kier molecular flexibility index (Phi) is 5.30. The van der Waals surface area contributed by atoms with Gasteiger partial charge in [-0.05, 0) is 42.0 Å². The minimum Gasteiger partial charge on any atom is -0.384 e. The first-order chi connectivity index (χ1) is 18.1. The first kappa shape index (κ1) is 22.3. The van der Waals surface area contributed by atoms with Gasteiger partial charge in [0.05, 0.1) is 16.6 Å². The number of hydrogen-bond donors (Lipinski definition) is 1. The van der Waals surface area contributed by atoms with Crippen LogP contribution < -0.4 is 5.73 Å². The lowest BCUT2D eigenvalue weighted by molar-refractivity contribution is 0.835. The lowest BCUT2D eigenvalue weighted by atomic mass is 10.2. The van der Waals surface area contributed by atoms with Gasteiger partial charge in [0.1, 0.15) is 29.3 Å². The summed E-state index contributed by atoms with van der Waals surface area (Å²) in [5, 5.41) is 19.9. The first-order valence-corrected chi connectivity index (χ1v) is 11.7. The van der Waals surface area contributed by atoms with E-state index < -0.39 is 0 Å². The number of nitrogens with zero attached hydrogens (tertiary/aromatic N) is 7. The van der Waals surface area contributed by atoms with E-state index in [2.05, 4.69) is 14.5 Å². The topological polar surface area (TPSA) is 122 Å². The van der Waals surface area contributed by atoms with E-state index in [1.165, 1.54) is 0 Å². The molecule has 0 fully saturated rings. The highest BCUT2D eigenvalue weighted by atomic mass is 35.5. The molecule has 0 saturated heterocycles. The molecule has 0 spiro atoms. The maximum Gasteiger partial charge on any atom is 0.179 e. The van der Waals surface area contributed by atoms with Crippen LogP contribution in [-0.4, -0.2) is 24.1 Å². The van der Waals surface area contributed by atoms with Crippen LogP contribution in [-0.2, 0) is 6.54 Å². The number of hydrogen-bond acceptors (Lipinski definition) is 6. The summed E-state index contributed by atoms with van der Waals surface area (Å²) in [6.07, 6.45) is 0. The molecule has 0 saturated carbocycles. The van der Waals surface area contributed by atoms with Gasteiger partial charge in [0.25, 0.3) is 0 Å². The second-order valence-electron chi connectivity index (χ2n) is 8.38. The Labute approximate surface area is 216 Å². The Morgan fingerprint density at radius 2 is 1.49 bits per heavy atom. The lowest BCUT2D eigenvalue weighted by Crippen LogP contribution is -2.05. The number of rotatable bonds is 4. The van der Waals surface area contributed by atoms with Crippen molar-refractivity contribution < 1.29 is 0 Å². The molecule has 0 amide bonds. The molecular formula is C28H17ClN8. The lowest BCUT2D eigenvalue weighted by Gasteiger charge is -2.11. The second-order valence-corrected chi connectivity index (χ2v) is 8.82. The molecule has 2 N–H and O–H groups in total. The van der Waals surface area contributed by atoms with E-state index in [0.717, 1.165) is 16.6 Å².